The molecule has 0 aliphatic heterocycles. The van der Waals surface area contributed by atoms with Gasteiger partial charge in [0.25, 0.3) is 0 Å². The van der Waals surface area contributed by atoms with Crippen molar-refractivity contribution in [1.29, 1.82) is 0 Å². The quantitative estimate of drug-likeness (QED) is 0.699. The average Bonchev–Trinajstić information content (AvgIpc) is 2.28. The number of nitrogens with two attached hydrogens (primary N) is 2. The average molecular weight is 271 g/mol. The van der Waals surface area contributed by atoms with Gasteiger partial charge in [0, 0.05) is 18.2 Å². The van der Waals surface area contributed by atoms with E-state index in [-0.39, 0.29) is 24.1 Å². The van der Waals surface area contributed by atoms with Crippen LogP contribution in [0, 0.1) is 5.92 Å². The molecule has 0 aliphatic rings. The van der Waals surface area contributed by atoms with Crippen molar-refractivity contribution >= 4 is 21.6 Å². The van der Waals surface area contributed by atoms with Crippen LogP contribution in [0.5, 0.6) is 0 Å². The molecule has 100 valence electrons. The molecule has 18 heavy (non-hydrogen) atoms. The minimum absolute atomic E-state index is 0.170. The maximum absolute atomic E-state index is 11.6. The topological polar surface area (TPSA) is 115 Å². The molecule has 0 spiro atoms. The van der Waals surface area contributed by atoms with Crippen molar-refractivity contribution in [3.8, 4) is 0 Å². The predicted octanol–water partition coefficient (Wildman–Crippen LogP) is 0.00840. The van der Waals surface area contributed by atoms with Crippen LogP contribution in [-0.4, -0.2) is 20.9 Å². The molecule has 0 saturated carbocycles. The number of sulfonamides is 1. The molecule has 1 aromatic carbocycles. The number of hydrogen-bond acceptors (Lipinski definition) is 4. The molecule has 0 bridgehead atoms. The minimum atomic E-state index is -3.53. The van der Waals surface area contributed by atoms with E-state index in [1.165, 1.54) is 0 Å². The number of nitrogens with one attached hydrogen (secondary N) is 1. The zero-order valence-corrected chi connectivity index (χ0v) is 10.9. The molecule has 1 aromatic rings. The van der Waals surface area contributed by atoms with Crippen LogP contribution in [0.15, 0.2) is 24.3 Å². The number of rotatable bonds is 5. The second-order valence-electron chi connectivity index (χ2n) is 4.13. The van der Waals surface area contributed by atoms with Gasteiger partial charge in [-0.1, -0.05) is 19.1 Å². The largest absolute Gasteiger partial charge is 0.330 e. The summed E-state index contributed by atoms with van der Waals surface area (Å²) in [6.07, 6.45) is 0. The molecule has 0 fully saturated rings. The Bertz CT molecular complexity index is 511. The van der Waals surface area contributed by atoms with Crippen molar-refractivity contribution in [2.24, 2.45) is 16.8 Å². The molecule has 0 radical (unpaired) electrons. The van der Waals surface area contributed by atoms with E-state index in [0.29, 0.717) is 11.3 Å². The van der Waals surface area contributed by atoms with Gasteiger partial charge in [-0.15, -0.1) is 0 Å². The van der Waals surface area contributed by atoms with Crippen molar-refractivity contribution in [2.75, 3.05) is 11.9 Å². The van der Waals surface area contributed by atoms with Gasteiger partial charge in [-0.25, -0.2) is 13.6 Å². The van der Waals surface area contributed by atoms with Crippen molar-refractivity contribution in [1.82, 2.24) is 0 Å². The third kappa shape index (κ3) is 4.82. The van der Waals surface area contributed by atoms with E-state index in [4.69, 9.17) is 10.9 Å². The smallest absolute Gasteiger partial charge is 0.228 e. The van der Waals surface area contributed by atoms with E-state index in [9.17, 15) is 13.2 Å². The van der Waals surface area contributed by atoms with Crippen LogP contribution < -0.4 is 16.2 Å². The van der Waals surface area contributed by atoms with Crippen LogP contribution >= 0.6 is 0 Å². The molecule has 0 aliphatic carbocycles. The molecule has 6 nitrogen and oxygen atoms in total. The number of primary sulfonamides is 1. The molecular weight excluding hydrogens is 254 g/mol. The van der Waals surface area contributed by atoms with E-state index in [2.05, 4.69) is 5.32 Å². The molecule has 0 saturated heterocycles. The third-order valence-electron chi connectivity index (χ3n) is 2.39. The van der Waals surface area contributed by atoms with Crippen LogP contribution in [0.2, 0.25) is 0 Å². The van der Waals surface area contributed by atoms with Crippen molar-refractivity contribution in [3.63, 3.8) is 0 Å². The Morgan fingerprint density at radius 3 is 2.33 bits per heavy atom. The predicted molar refractivity (Wildman–Crippen MR) is 70.1 cm³/mol. The molecule has 0 heterocycles. The normalized spacial score (nSPS) is 13.1. The molecule has 5 N–H and O–H groups in total. The van der Waals surface area contributed by atoms with E-state index in [0.717, 1.165) is 0 Å². The Balaban J connectivity index is 2.69. The molecule has 7 heteroatoms. The highest BCUT2D eigenvalue weighted by Crippen LogP contribution is 2.12. The van der Waals surface area contributed by atoms with Gasteiger partial charge >= 0.3 is 0 Å². The first kappa shape index (κ1) is 14.6. The minimum Gasteiger partial charge on any atom is -0.330 e. The highest BCUT2D eigenvalue weighted by molar-refractivity contribution is 7.88. The summed E-state index contributed by atoms with van der Waals surface area (Å²) in [5.74, 6) is -0.661. The zero-order chi connectivity index (χ0) is 13.8. The Morgan fingerprint density at radius 2 is 1.89 bits per heavy atom. The Morgan fingerprint density at radius 1 is 1.33 bits per heavy atom. The van der Waals surface area contributed by atoms with Crippen LogP contribution in [-0.2, 0) is 20.6 Å². The van der Waals surface area contributed by atoms with Crippen molar-refractivity contribution in [3.05, 3.63) is 29.8 Å². The van der Waals surface area contributed by atoms with Gasteiger partial charge in [0.15, 0.2) is 0 Å². The second-order valence-corrected chi connectivity index (χ2v) is 5.74. The number of benzene rings is 1. The van der Waals surface area contributed by atoms with Gasteiger partial charge in [-0.2, -0.15) is 0 Å². The molecule has 1 unspecified atom stereocenters. The summed E-state index contributed by atoms with van der Waals surface area (Å²) in [6, 6.07) is 6.46. The standard InChI is InChI=1S/C11H17N3O3S/c1-8(6-12)11(15)14-10-4-2-9(3-5-10)7-18(13,16)17/h2-5,8H,6-7,12H2,1H3,(H,14,15)(H2,13,16,17). The molecule has 0 aromatic heterocycles. The van der Waals surface area contributed by atoms with Gasteiger partial charge in [0.2, 0.25) is 15.9 Å². The molecule has 1 atom stereocenters. The summed E-state index contributed by atoms with van der Waals surface area (Å²) in [6.45, 7) is 2.00. The molecule has 1 rings (SSSR count). The van der Waals surface area contributed by atoms with E-state index >= 15 is 0 Å². The fourth-order valence-corrected chi connectivity index (χ4v) is 1.95. The Hall–Kier alpha value is -1.44. The van der Waals surface area contributed by atoms with Crippen molar-refractivity contribution in [2.45, 2.75) is 12.7 Å². The Kier molecular flexibility index (Phi) is 4.83. The number of hydrogen-bond donors (Lipinski definition) is 3. The number of carbonyl (C=O) groups excluding carboxylic acids is 1. The highest BCUT2D eigenvalue weighted by atomic mass is 32.2. The Labute approximate surface area is 106 Å². The fourth-order valence-electron chi connectivity index (χ4n) is 1.29. The van der Waals surface area contributed by atoms with Gasteiger partial charge in [0.1, 0.15) is 0 Å². The first-order valence-electron chi connectivity index (χ1n) is 5.42. The first-order valence-corrected chi connectivity index (χ1v) is 7.13. The van der Waals surface area contributed by atoms with Gasteiger partial charge in [0.05, 0.1) is 5.75 Å². The lowest BCUT2D eigenvalue weighted by atomic mass is 10.1. The lowest BCUT2D eigenvalue weighted by molar-refractivity contribution is -0.119. The summed E-state index contributed by atoms with van der Waals surface area (Å²) in [5, 5.41) is 7.62. The monoisotopic (exact) mass is 271 g/mol. The summed E-state index contributed by atoms with van der Waals surface area (Å²) < 4.78 is 21.8. The maximum Gasteiger partial charge on any atom is 0.228 e. The summed E-state index contributed by atoms with van der Waals surface area (Å²) in [7, 11) is -3.53. The lowest BCUT2D eigenvalue weighted by Crippen LogP contribution is -2.26. The van der Waals surface area contributed by atoms with E-state index in [1.54, 1.807) is 31.2 Å². The van der Waals surface area contributed by atoms with Crippen LogP contribution in [0.1, 0.15) is 12.5 Å². The summed E-state index contributed by atoms with van der Waals surface area (Å²) in [5.41, 5.74) is 6.55. The second kappa shape index (κ2) is 5.94. The van der Waals surface area contributed by atoms with Gasteiger partial charge in [-0.05, 0) is 17.7 Å². The maximum atomic E-state index is 11.6. The number of amides is 1. The van der Waals surface area contributed by atoms with Gasteiger partial charge in [-0.3, -0.25) is 4.79 Å². The van der Waals surface area contributed by atoms with E-state index in [1.807, 2.05) is 0 Å². The number of anilines is 1. The van der Waals surface area contributed by atoms with Crippen LogP contribution in [0.3, 0.4) is 0 Å². The van der Waals surface area contributed by atoms with Gasteiger partial charge < -0.3 is 11.1 Å². The summed E-state index contributed by atoms with van der Waals surface area (Å²) >= 11 is 0. The lowest BCUT2D eigenvalue weighted by Gasteiger charge is -2.10. The zero-order valence-electron chi connectivity index (χ0n) is 10.1. The summed E-state index contributed by atoms with van der Waals surface area (Å²) in [4.78, 5) is 11.6. The van der Waals surface area contributed by atoms with Crippen molar-refractivity contribution < 1.29 is 13.2 Å². The first-order chi connectivity index (χ1) is 8.31. The SMILES string of the molecule is CC(CN)C(=O)Nc1ccc(CS(N)(=O)=O)cc1. The molecule has 1 amide bonds. The van der Waals surface area contributed by atoms with E-state index < -0.39 is 10.0 Å². The van der Waals surface area contributed by atoms with Crippen LogP contribution in [0.4, 0.5) is 5.69 Å². The molecular formula is C11H17N3O3S. The highest BCUT2D eigenvalue weighted by Gasteiger charge is 2.11. The number of carbonyl (C=O) groups is 1. The third-order valence-corrected chi connectivity index (χ3v) is 3.13. The fraction of sp³-hybridized carbons (Fsp3) is 0.364. The van der Waals surface area contributed by atoms with Crippen LogP contribution in [0.25, 0.3) is 0 Å².